The molecule has 0 unspecified atom stereocenters. The number of nitrogens with zero attached hydrogens (tertiary/aromatic N) is 4. The molecule has 0 atom stereocenters. The molecule has 0 saturated carbocycles. The topological polar surface area (TPSA) is 86.5 Å². The number of para-hydroxylation sites is 2. The van der Waals surface area contributed by atoms with Crippen LogP contribution in [0.25, 0.3) is 5.69 Å². The highest BCUT2D eigenvalue weighted by Gasteiger charge is 2.21. The van der Waals surface area contributed by atoms with E-state index < -0.39 is 5.97 Å². The van der Waals surface area contributed by atoms with Crippen molar-refractivity contribution >= 4 is 34.0 Å². The van der Waals surface area contributed by atoms with Gasteiger partial charge in [-0.2, -0.15) is 5.10 Å². The van der Waals surface area contributed by atoms with Crippen LogP contribution in [0.2, 0.25) is 0 Å². The minimum Gasteiger partial charge on any atom is -0.495 e. The number of rotatable bonds is 7. The van der Waals surface area contributed by atoms with Crippen molar-refractivity contribution in [2.24, 2.45) is 0 Å². The van der Waals surface area contributed by atoms with E-state index in [-0.39, 0.29) is 12.5 Å². The fourth-order valence-corrected chi connectivity index (χ4v) is 3.95. The minimum absolute atomic E-state index is 0.00604. The molecular weight excluding hydrogens is 428 g/mol. The van der Waals surface area contributed by atoms with Crippen LogP contribution < -0.4 is 9.64 Å². The van der Waals surface area contributed by atoms with Crippen molar-refractivity contribution < 1.29 is 19.1 Å². The third-order valence-corrected chi connectivity index (χ3v) is 5.47. The Morgan fingerprint density at radius 2 is 1.88 bits per heavy atom. The number of hydrogen-bond donors (Lipinski definition) is 0. The predicted octanol–water partition coefficient (Wildman–Crippen LogP) is 4.38. The van der Waals surface area contributed by atoms with Crippen LogP contribution in [0.1, 0.15) is 23.0 Å². The molecule has 0 saturated heterocycles. The number of thiazole rings is 1. The third-order valence-electron chi connectivity index (χ3n) is 4.59. The van der Waals surface area contributed by atoms with Crippen molar-refractivity contribution in [3.05, 3.63) is 83.6 Å². The number of hydrogen-bond acceptors (Lipinski definition) is 7. The number of esters is 1. The monoisotopic (exact) mass is 448 g/mol. The van der Waals surface area contributed by atoms with Gasteiger partial charge >= 0.3 is 5.97 Å². The first-order chi connectivity index (χ1) is 15.6. The molecule has 0 fully saturated rings. The molecule has 32 heavy (non-hydrogen) atoms. The Hall–Kier alpha value is -3.98. The van der Waals surface area contributed by atoms with Crippen molar-refractivity contribution in [3.63, 3.8) is 0 Å². The van der Waals surface area contributed by atoms with Gasteiger partial charge in [-0.1, -0.05) is 12.1 Å². The summed E-state index contributed by atoms with van der Waals surface area (Å²) in [6, 6.07) is 16.0. The highest BCUT2D eigenvalue weighted by molar-refractivity contribution is 7.14. The Morgan fingerprint density at radius 1 is 1.09 bits per heavy atom. The average molecular weight is 449 g/mol. The number of methoxy groups -OCH3 is 1. The number of carbonyl (C=O) groups is 2. The average Bonchev–Trinajstić information content (AvgIpc) is 3.51. The molecule has 2 heterocycles. The number of anilines is 2. The van der Waals surface area contributed by atoms with Crippen LogP contribution in [0.3, 0.4) is 0 Å². The van der Waals surface area contributed by atoms with Crippen LogP contribution in [-0.2, 0) is 16.1 Å². The van der Waals surface area contributed by atoms with Crippen LogP contribution >= 0.6 is 11.3 Å². The van der Waals surface area contributed by atoms with E-state index in [1.165, 1.54) is 23.2 Å². The zero-order valence-corrected chi connectivity index (χ0v) is 18.3. The van der Waals surface area contributed by atoms with Gasteiger partial charge in [0.05, 0.1) is 29.7 Å². The van der Waals surface area contributed by atoms with E-state index in [0.717, 1.165) is 5.69 Å². The lowest BCUT2D eigenvalue weighted by molar-refractivity contribution is -0.115. The molecule has 2 aromatic carbocycles. The van der Waals surface area contributed by atoms with Crippen LogP contribution in [0, 0.1) is 0 Å². The third kappa shape index (κ3) is 4.52. The van der Waals surface area contributed by atoms with Crippen molar-refractivity contribution in [2.45, 2.75) is 13.5 Å². The Morgan fingerprint density at radius 3 is 2.56 bits per heavy atom. The lowest BCUT2D eigenvalue weighted by Gasteiger charge is -2.20. The SMILES string of the molecule is COc1ccccc1N(C(C)=O)c1nc(COC(=O)c2ccc(-n3cccn3)cc2)cs1. The number of aromatic nitrogens is 3. The van der Waals surface area contributed by atoms with Crippen LogP contribution in [0.4, 0.5) is 10.8 Å². The Kier molecular flexibility index (Phi) is 6.27. The summed E-state index contributed by atoms with van der Waals surface area (Å²) in [5.41, 5.74) is 2.41. The molecule has 0 bridgehead atoms. The van der Waals surface area contributed by atoms with Gasteiger partial charge in [0.15, 0.2) is 5.13 Å². The second-order valence-corrected chi connectivity index (χ2v) is 7.56. The minimum atomic E-state index is -0.459. The van der Waals surface area contributed by atoms with Gasteiger partial charge in [-0.15, -0.1) is 11.3 Å². The maximum absolute atomic E-state index is 12.4. The molecule has 8 nitrogen and oxygen atoms in total. The van der Waals surface area contributed by atoms with Crippen LogP contribution in [-0.4, -0.2) is 33.8 Å². The molecule has 0 aliphatic rings. The summed E-state index contributed by atoms with van der Waals surface area (Å²) in [7, 11) is 1.55. The highest BCUT2D eigenvalue weighted by Crippen LogP contribution is 2.35. The molecular formula is C23H20N4O4S. The van der Waals surface area contributed by atoms with Crippen molar-refractivity contribution in [2.75, 3.05) is 12.0 Å². The molecule has 1 amide bonds. The zero-order chi connectivity index (χ0) is 22.5. The van der Waals surface area contributed by atoms with Gasteiger partial charge in [0, 0.05) is 24.7 Å². The summed E-state index contributed by atoms with van der Waals surface area (Å²) in [6.45, 7) is 1.45. The first-order valence-electron chi connectivity index (χ1n) is 9.72. The van der Waals surface area contributed by atoms with Crippen LogP contribution in [0.15, 0.2) is 72.4 Å². The van der Waals surface area contributed by atoms with E-state index in [2.05, 4.69) is 10.1 Å². The van der Waals surface area contributed by atoms with Gasteiger partial charge < -0.3 is 9.47 Å². The number of carbonyl (C=O) groups excluding carboxylic acids is 2. The van der Waals surface area contributed by atoms with Gasteiger partial charge in [0.1, 0.15) is 12.4 Å². The summed E-state index contributed by atoms with van der Waals surface area (Å²) in [4.78, 5) is 30.7. The molecule has 162 valence electrons. The Labute approximate surface area is 188 Å². The lowest BCUT2D eigenvalue weighted by Crippen LogP contribution is -2.23. The second kappa shape index (κ2) is 9.44. The van der Waals surface area contributed by atoms with Gasteiger partial charge in [0.25, 0.3) is 0 Å². The molecule has 2 aromatic heterocycles. The Bertz CT molecular complexity index is 1220. The molecule has 0 radical (unpaired) electrons. The molecule has 0 aliphatic heterocycles. The molecule has 4 aromatic rings. The Balaban J connectivity index is 1.44. The van der Waals surface area contributed by atoms with E-state index in [1.54, 1.807) is 59.8 Å². The van der Waals surface area contributed by atoms with E-state index in [4.69, 9.17) is 9.47 Å². The molecule has 0 N–H and O–H groups in total. The van der Waals surface area contributed by atoms with Crippen molar-refractivity contribution in [3.8, 4) is 11.4 Å². The predicted molar refractivity (Wildman–Crippen MR) is 121 cm³/mol. The summed E-state index contributed by atoms with van der Waals surface area (Å²) < 4.78 is 12.5. The fraction of sp³-hybridized carbons (Fsp3) is 0.130. The molecule has 4 rings (SSSR count). The van der Waals surface area contributed by atoms with Crippen LogP contribution in [0.5, 0.6) is 5.75 Å². The second-order valence-electron chi connectivity index (χ2n) is 6.72. The number of amides is 1. The summed E-state index contributed by atoms with van der Waals surface area (Å²) in [6.07, 6.45) is 3.51. The largest absolute Gasteiger partial charge is 0.495 e. The summed E-state index contributed by atoms with van der Waals surface area (Å²) in [5.74, 6) is -0.103. The smallest absolute Gasteiger partial charge is 0.338 e. The standard InChI is InChI=1S/C23H20N4O4S/c1-16(28)27(20-6-3-4-7-21(20)30-2)23-25-18(15-32-23)14-31-22(29)17-8-10-19(11-9-17)26-13-5-12-24-26/h3-13,15H,14H2,1-2H3. The van der Waals surface area contributed by atoms with Gasteiger partial charge in [-0.05, 0) is 42.5 Å². The fourth-order valence-electron chi connectivity index (χ4n) is 3.08. The van der Waals surface area contributed by atoms with E-state index in [9.17, 15) is 9.59 Å². The van der Waals surface area contributed by atoms with Crippen molar-refractivity contribution in [1.82, 2.24) is 14.8 Å². The number of benzene rings is 2. The first-order valence-corrected chi connectivity index (χ1v) is 10.6. The molecule has 9 heteroatoms. The first kappa shape index (κ1) is 21.3. The zero-order valence-electron chi connectivity index (χ0n) is 17.5. The molecule has 0 spiro atoms. The van der Waals surface area contributed by atoms with Gasteiger partial charge in [0.2, 0.25) is 5.91 Å². The molecule has 0 aliphatic carbocycles. The lowest BCUT2D eigenvalue weighted by atomic mass is 10.2. The van der Waals surface area contributed by atoms with Gasteiger partial charge in [-0.25, -0.2) is 14.5 Å². The van der Waals surface area contributed by atoms with E-state index in [0.29, 0.717) is 27.8 Å². The van der Waals surface area contributed by atoms with E-state index in [1.807, 2.05) is 24.4 Å². The van der Waals surface area contributed by atoms with E-state index >= 15 is 0 Å². The number of ether oxygens (including phenoxy) is 2. The van der Waals surface area contributed by atoms with Crippen molar-refractivity contribution in [1.29, 1.82) is 0 Å². The highest BCUT2D eigenvalue weighted by atomic mass is 32.1. The summed E-state index contributed by atoms with van der Waals surface area (Å²) >= 11 is 1.29. The summed E-state index contributed by atoms with van der Waals surface area (Å²) in [5, 5.41) is 6.38. The van der Waals surface area contributed by atoms with Gasteiger partial charge in [-0.3, -0.25) is 9.69 Å². The quantitative estimate of drug-likeness (QED) is 0.390. The maximum atomic E-state index is 12.4. The maximum Gasteiger partial charge on any atom is 0.338 e. The normalized spacial score (nSPS) is 10.6.